The summed E-state index contributed by atoms with van der Waals surface area (Å²) in [4.78, 5) is 12.0. The standard InChI is InChI=1S/C11H13NO2S/c1-4-6-12-9-8(5-2)7-15-10(9)11(13)14-3/h4-5,7,12H,1-2,6H2,3H3. The third-order valence-corrected chi connectivity index (χ3v) is 2.81. The van der Waals surface area contributed by atoms with Gasteiger partial charge in [0, 0.05) is 17.5 Å². The van der Waals surface area contributed by atoms with Crippen LogP contribution in [0.4, 0.5) is 5.69 Å². The first-order valence-corrected chi connectivity index (χ1v) is 5.29. The summed E-state index contributed by atoms with van der Waals surface area (Å²) < 4.78 is 4.69. The molecular formula is C11H13NO2S. The van der Waals surface area contributed by atoms with Gasteiger partial charge in [0.1, 0.15) is 4.88 Å². The van der Waals surface area contributed by atoms with Crippen LogP contribution in [0.1, 0.15) is 15.2 Å². The van der Waals surface area contributed by atoms with Gasteiger partial charge in [-0.2, -0.15) is 0 Å². The van der Waals surface area contributed by atoms with Gasteiger partial charge in [-0.05, 0) is 0 Å². The van der Waals surface area contributed by atoms with Gasteiger partial charge in [0.15, 0.2) is 0 Å². The van der Waals surface area contributed by atoms with E-state index >= 15 is 0 Å². The highest BCUT2D eigenvalue weighted by atomic mass is 32.1. The second-order valence-corrected chi connectivity index (χ2v) is 3.64. The molecule has 1 aromatic rings. The molecule has 0 saturated heterocycles. The summed E-state index contributed by atoms with van der Waals surface area (Å²) in [5.41, 5.74) is 1.67. The Morgan fingerprint density at radius 3 is 2.93 bits per heavy atom. The van der Waals surface area contributed by atoms with Crippen LogP contribution in [0.25, 0.3) is 6.08 Å². The minimum Gasteiger partial charge on any atom is -0.465 e. The Morgan fingerprint density at radius 2 is 2.40 bits per heavy atom. The number of hydrogen-bond acceptors (Lipinski definition) is 4. The number of hydrogen-bond donors (Lipinski definition) is 1. The van der Waals surface area contributed by atoms with Crippen molar-refractivity contribution in [1.82, 2.24) is 0 Å². The zero-order chi connectivity index (χ0) is 11.3. The summed E-state index contributed by atoms with van der Waals surface area (Å²) in [6.45, 7) is 7.89. The van der Waals surface area contributed by atoms with Gasteiger partial charge in [-0.1, -0.05) is 18.7 Å². The number of nitrogens with one attached hydrogen (secondary N) is 1. The Balaban J connectivity index is 3.04. The van der Waals surface area contributed by atoms with Crippen molar-refractivity contribution in [2.75, 3.05) is 19.0 Å². The Kier molecular flexibility index (Phi) is 4.12. The molecule has 15 heavy (non-hydrogen) atoms. The zero-order valence-corrected chi connectivity index (χ0v) is 9.39. The van der Waals surface area contributed by atoms with Gasteiger partial charge in [-0.25, -0.2) is 4.79 Å². The van der Waals surface area contributed by atoms with E-state index in [1.807, 2.05) is 5.38 Å². The van der Waals surface area contributed by atoms with Gasteiger partial charge in [0.25, 0.3) is 0 Å². The van der Waals surface area contributed by atoms with Crippen molar-refractivity contribution >= 4 is 29.1 Å². The van der Waals surface area contributed by atoms with Crippen molar-refractivity contribution in [3.05, 3.63) is 35.1 Å². The molecule has 0 aromatic carbocycles. The van der Waals surface area contributed by atoms with Gasteiger partial charge in [0.2, 0.25) is 0 Å². The normalized spacial score (nSPS) is 9.40. The highest BCUT2D eigenvalue weighted by Gasteiger charge is 2.16. The predicted molar refractivity (Wildman–Crippen MR) is 64.4 cm³/mol. The lowest BCUT2D eigenvalue weighted by Gasteiger charge is -2.05. The van der Waals surface area contributed by atoms with Crippen LogP contribution in [0.2, 0.25) is 0 Å². The molecule has 0 aliphatic heterocycles. The van der Waals surface area contributed by atoms with E-state index in [4.69, 9.17) is 0 Å². The van der Waals surface area contributed by atoms with Crippen LogP contribution in [0.3, 0.4) is 0 Å². The second-order valence-electron chi connectivity index (χ2n) is 2.76. The zero-order valence-electron chi connectivity index (χ0n) is 8.58. The monoisotopic (exact) mass is 223 g/mol. The van der Waals surface area contributed by atoms with Crippen LogP contribution in [0.15, 0.2) is 24.6 Å². The molecule has 0 fully saturated rings. The number of esters is 1. The van der Waals surface area contributed by atoms with Gasteiger partial charge in [-0.3, -0.25) is 0 Å². The third-order valence-electron chi connectivity index (χ3n) is 1.83. The quantitative estimate of drug-likeness (QED) is 0.616. The van der Waals surface area contributed by atoms with E-state index in [1.165, 1.54) is 18.4 Å². The summed E-state index contributed by atoms with van der Waals surface area (Å²) in [5.74, 6) is -0.334. The molecule has 0 aliphatic carbocycles. The fourth-order valence-electron chi connectivity index (χ4n) is 1.12. The summed E-state index contributed by atoms with van der Waals surface area (Å²) in [6, 6.07) is 0. The number of ether oxygens (including phenoxy) is 1. The van der Waals surface area contributed by atoms with Gasteiger partial charge < -0.3 is 10.1 Å². The molecule has 4 heteroatoms. The van der Waals surface area contributed by atoms with Crippen LogP contribution in [-0.4, -0.2) is 19.6 Å². The number of thiophene rings is 1. The van der Waals surface area contributed by atoms with Crippen molar-refractivity contribution in [2.45, 2.75) is 0 Å². The van der Waals surface area contributed by atoms with E-state index in [0.29, 0.717) is 11.4 Å². The average Bonchev–Trinajstić information content (AvgIpc) is 2.67. The molecule has 0 bridgehead atoms. The van der Waals surface area contributed by atoms with E-state index in [9.17, 15) is 4.79 Å². The fraction of sp³-hybridized carbons (Fsp3) is 0.182. The van der Waals surface area contributed by atoms with Crippen molar-refractivity contribution in [3.8, 4) is 0 Å². The van der Waals surface area contributed by atoms with Crippen molar-refractivity contribution < 1.29 is 9.53 Å². The van der Waals surface area contributed by atoms with Crippen LogP contribution in [0, 0.1) is 0 Å². The highest BCUT2D eigenvalue weighted by molar-refractivity contribution is 7.12. The first-order chi connectivity index (χ1) is 7.24. The number of carbonyl (C=O) groups excluding carboxylic acids is 1. The first kappa shape index (κ1) is 11.5. The molecule has 0 atom stereocenters. The number of anilines is 1. The Morgan fingerprint density at radius 1 is 1.67 bits per heavy atom. The van der Waals surface area contributed by atoms with Crippen LogP contribution in [-0.2, 0) is 4.74 Å². The topological polar surface area (TPSA) is 38.3 Å². The number of carbonyl (C=O) groups is 1. The molecule has 1 heterocycles. The van der Waals surface area contributed by atoms with Crippen molar-refractivity contribution in [3.63, 3.8) is 0 Å². The van der Waals surface area contributed by atoms with E-state index in [1.54, 1.807) is 12.2 Å². The Bertz CT molecular complexity index is 382. The summed E-state index contributed by atoms with van der Waals surface area (Å²) in [5, 5.41) is 4.96. The van der Waals surface area contributed by atoms with Gasteiger partial charge in [-0.15, -0.1) is 17.9 Å². The van der Waals surface area contributed by atoms with Crippen LogP contribution < -0.4 is 5.32 Å². The summed E-state index contributed by atoms with van der Waals surface area (Å²) in [6.07, 6.45) is 3.43. The minimum atomic E-state index is -0.334. The van der Waals surface area contributed by atoms with E-state index in [-0.39, 0.29) is 5.97 Å². The number of rotatable bonds is 5. The molecule has 1 rings (SSSR count). The SMILES string of the molecule is C=CCNc1c(C=C)csc1C(=O)OC. The molecule has 1 aromatic heterocycles. The van der Waals surface area contributed by atoms with Crippen molar-refractivity contribution in [2.24, 2.45) is 0 Å². The molecule has 0 aliphatic rings. The molecule has 0 saturated carbocycles. The maximum Gasteiger partial charge on any atom is 0.350 e. The third kappa shape index (κ3) is 2.47. The van der Waals surface area contributed by atoms with E-state index in [0.717, 1.165) is 11.3 Å². The predicted octanol–water partition coefficient (Wildman–Crippen LogP) is 2.78. The largest absolute Gasteiger partial charge is 0.465 e. The van der Waals surface area contributed by atoms with Crippen LogP contribution >= 0.6 is 11.3 Å². The molecule has 0 radical (unpaired) electrons. The Labute approximate surface area is 93.1 Å². The highest BCUT2D eigenvalue weighted by Crippen LogP contribution is 2.29. The molecule has 0 spiro atoms. The molecule has 3 nitrogen and oxygen atoms in total. The van der Waals surface area contributed by atoms with E-state index in [2.05, 4.69) is 23.2 Å². The Hall–Kier alpha value is -1.55. The van der Waals surface area contributed by atoms with Crippen LogP contribution in [0.5, 0.6) is 0 Å². The maximum absolute atomic E-state index is 11.4. The van der Waals surface area contributed by atoms with E-state index < -0.39 is 0 Å². The molecule has 80 valence electrons. The molecule has 0 amide bonds. The summed E-state index contributed by atoms with van der Waals surface area (Å²) >= 11 is 1.34. The molecule has 0 unspecified atom stereocenters. The minimum absolute atomic E-state index is 0.334. The maximum atomic E-state index is 11.4. The lowest BCUT2D eigenvalue weighted by molar-refractivity contribution is 0.0607. The lowest BCUT2D eigenvalue weighted by atomic mass is 10.2. The first-order valence-electron chi connectivity index (χ1n) is 4.41. The lowest BCUT2D eigenvalue weighted by Crippen LogP contribution is -2.05. The number of methoxy groups -OCH3 is 1. The van der Waals surface area contributed by atoms with Crippen molar-refractivity contribution in [1.29, 1.82) is 0 Å². The molecular weight excluding hydrogens is 210 g/mol. The average molecular weight is 223 g/mol. The fourth-order valence-corrected chi connectivity index (χ4v) is 2.07. The van der Waals surface area contributed by atoms with Gasteiger partial charge >= 0.3 is 5.97 Å². The second kappa shape index (κ2) is 5.36. The smallest absolute Gasteiger partial charge is 0.350 e. The van der Waals surface area contributed by atoms with Gasteiger partial charge in [0.05, 0.1) is 12.8 Å². The summed E-state index contributed by atoms with van der Waals surface area (Å²) in [7, 11) is 1.37. The molecule has 1 N–H and O–H groups in total.